The van der Waals surface area contributed by atoms with Gasteiger partial charge in [0.2, 0.25) is 0 Å². The van der Waals surface area contributed by atoms with Crippen molar-refractivity contribution in [1.29, 1.82) is 0 Å². The van der Waals surface area contributed by atoms with E-state index in [4.69, 9.17) is 4.74 Å². The van der Waals surface area contributed by atoms with Gasteiger partial charge in [0, 0.05) is 18.6 Å². The van der Waals surface area contributed by atoms with Crippen molar-refractivity contribution in [3.63, 3.8) is 0 Å². The highest BCUT2D eigenvalue weighted by atomic mass is 19.3. The minimum absolute atomic E-state index is 0.123. The number of unbranched alkanes of at least 4 members (excludes halogenated alkanes) is 1. The van der Waals surface area contributed by atoms with Gasteiger partial charge in [0.15, 0.2) is 0 Å². The second-order valence-electron chi connectivity index (χ2n) is 4.77. The van der Waals surface area contributed by atoms with Crippen molar-refractivity contribution in [3.05, 3.63) is 42.5 Å². The van der Waals surface area contributed by atoms with Crippen LogP contribution in [0.15, 0.2) is 36.9 Å². The van der Waals surface area contributed by atoms with Crippen LogP contribution in [0.1, 0.15) is 38.2 Å². The molecule has 0 spiro atoms. The van der Waals surface area contributed by atoms with Gasteiger partial charge < -0.3 is 9.47 Å². The molecular formula is C16H22F2O2. The summed E-state index contributed by atoms with van der Waals surface area (Å²) in [7, 11) is 0. The molecule has 0 fully saturated rings. The maximum Gasteiger partial charge on any atom is 0.419 e. The van der Waals surface area contributed by atoms with Crippen LogP contribution in [-0.2, 0) is 4.74 Å². The molecule has 2 nitrogen and oxygen atoms in total. The van der Waals surface area contributed by atoms with Gasteiger partial charge in [-0.3, -0.25) is 0 Å². The molecule has 0 heterocycles. The molecular weight excluding hydrogens is 262 g/mol. The molecule has 20 heavy (non-hydrogen) atoms. The van der Waals surface area contributed by atoms with Gasteiger partial charge in [0.1, 0.15) is 5.75 Å². The Hall–Kier alpha value is -1.42. The molecule has 112 valence electrons. The zero-order valence-corrected chi connectivity index (χ0v) is 12.1. The molecule has 0 N–H and O–H groups in total. The maximum absolute atomic E-state index is 13.0. The molecule has 1 aromatic rings. The molecule has 0 aromatic heterocycles. The third kappa shape index (κ3) is 5.70. The third-order valence-electron chi connectivity index (χ3n) is 2.95. The summed E-state index contributed by atoms with van der Waals surface area (Å²) in [5.74, 6) is 0.346. The number of hydrogen-bond donors (Lipinski definition) is 0. The van der Waals surface area contributed by atoms with Crippen LogP contribution in [0.25, 0.3) is 0 Å². The summed E-state index contributed by atoms with van der Waals surface area (Å²) in [5, 5.41) is 0. The van der Waals surface area contributed by atoms with E-state index in [-0.39, 0.29) is 11.7 Å². The Bertz CT molecular complexity index is 401. The van der Waals surface area contributed by atoms with Crippen LogP contribution in [0, 0.1) is 0 Å². The minimum atomic E-state index is -3.34. The smallest absolute Gasteiger partial charge is 0.419 e. The van der Waals surface area contributed by atoms with E-state index < -0.39 is 6.11 Å². The summed E-state index contributed by atoms with van der Waals surface area (Å²) in [4.78, 5) is 0. The second kappa shape index (κ2) is 8.00. The summed E-state index contributed by atoms with van der Waals surface area (Å²) in [6.45, 7) is 8.57. The summed E-state index contributed by atoms with van der Waals surface area (Å²) >= 11 is 0. The molecule has 1 rings (SSSR count). The van der Waals surface area contributed by atoms with E-state index in [1.54, 1.807) is 12.1 Å². The third-order valence-corrected chi connectivity index (χ3v) is 2.95. The summed E-state index contributed by atoms with van der Waals surface area (Å²) in [6.07, 6.45) is -0.699. The average molecular weight is 284 g/mol. The fourth-order valence-corrected chi connectivity index (χ4v) is 1.67. The van der Waals surface area contributed by atoms with Crippen molar-refractivity contribution >= 4 is 0 Å². The van der Waals surface area contributed by atoms with Gasteiger partial charge in [0.05, 0.1) is 6.61 Å². The molecule has 4 heteroatoms. The van der Waals surface area contributed by atoms with Crippen LogP contribution in [0.4, 0.5) is 8.78 Å². The van der Waals surface area contributed by atoms with E-state index in [9.17, 15) is 8.78 Å². The van der Waals surface area contributed by atoms with Crippen molar-refractivity contribution in [2.24, 2.45) is 0 Å². The summed E-state index contributed by atoms with van der Waals surface area (Å²) in [6, 6.07) is 6.63. The SMILES string of the molecule is C=CC(F)(F)Oc1ccc(C(C)COCCCC)cc1. The van der Waals surface area contributed by atoms with E-state index in [1.807, 2.05) is 6.92 Å². The number of rotatable bonds is 9. The van der Waals surface area contributed by atoms with E-state index in [0.717, 1.165) is 25.0 Å². The molecule has 0 radical (unpaired) electrons. The largest absolute Gasteiger partial charge is 0.429 e. The molecule has 0 amide bonds. The van der Waals surface area contributed by atoms with Gasteiger partial charge in [0.25, 0.3) is 0 Å². The maximum atomic E-state index is 13.0. The lowest BCUT2D eigenvalue weighted by molar-refractivity contribution is -0.131. The van der Waals surface area contributed by atoms with Gasteiger partial charge >= 0.3 is 6.11 Å². The number of alkyl halides is 2. The summed E-state index contributed by atoms with van der Waals surface area (Å²) in [5.41, 5.74) is 1.04. The highest BCUT2D eigenvalue weighted by molar-refractivity contribution is 5.29. The van der Waals surface area contributed by atoms with E-state index in [2.05, 4.69) is 18.2 Å². The Kier molecular flexibility index (Phi) is 6.65. The first-order valence-electron chi connectivity index (χ1n) is 6.86. The molecule has 1 unspecified atom stereocenters. The monoisotopic (exact) mass is 284 g/mol. The lowest BCUT2D eigenvalue weighted by atomic mass is 10.0. The standard InChI is InChI=1S/C16H22F2O2/c1-4-6-11-19-12-13(3)14-7-9-15(10-8-14)20-16(17,18)5-2/h5,7-10,13H,2,4,6,11-12H2,1,3H3. The first kappa shape index (κ1) is 16.6. The number of benzene rings is 1. The quantitative estimate of drug-likeness (QED) is 0.480. The van der Waals surface area contributed by atoms with Gasteiger partial charge in [-0.25, -0.2) is 0 Å². The Balaban J connectivity index is 2.51. The zero-order valence-electron chi connectivity index (χ0n) is 12.1. The predicted octanol–water partition coefficient (Wildman–Crippen LogP) is 4.76. The molecule has 1 atom stereocenters. The Morgan fingerprint density at radius 3 is 2.50 bits per heavy atom. The lowest BCUT2D eigenvalue weighted by Gasteiger charge is -2.16. The Labute approximate surface area is 119 Å². The molecule has 0 aliphatic heterocycles. The number of halogens is 2. The Morgan fingerprint density at radius 1 is 1.30 bits per heavy atom. The van der Waals surface area contributed by atoms with Crippen molar-refractivity contribution in [1.82, 2.24) is 0 Å². The molecule has 0 bridgehead atoms. The van der Waals surface area contributed by atoms with Crippen LogP contribution >= 0.6 is 0 Å². The molecule has 0 saturated heterocycles. The fraction of sp³-hybridized carbons (Fsp3) is 0.500. The van der Waals surface area contributed by atoms with Crippen molar-refractivity contribution < 1.29 is 18.3 Å². The molecule has 0 saturated carbocycles. The van der Waals surface area contributed by atoms with E-state index in [1.165, 1.54) is 12.1 Å². The average Bonchev–Trinajstić information content (AvgIpc) is 2.44. The molecule has 0 aliphatic rings. The predicted molar refractivity (Wildman–Crippen MR) is 76.4 cm³/mol. The topological polar surface area (TPSA) is 18.5 Å². The van der Waals surface area contributed by atoms with Gasteiger partial charge in [-0.2, -0.15) is 8.78 Å². The first-order chi connectivity index (χ1) is 9.48. The highest BCUT2D eigenvalue weighted by Gasteiger charge is 2.26. The minimum Gasteiger partial charge on any atom is -0.429 e. The van der Waals surface area contributed by atoms with Crippen LogP contribution in [0.3, 0.4) is 0 Å². The fourth-order valence-electron chi connectivity index (χ4n) is 1.67. The van der Waals surface area contributed by atoms with Crippen LogP contribution in [-0.4, -0.2) is 19.3 Å². The summed E-state index contributed by atoms with van der Waals surface area (Å²) < 4.78 is 36.0. The lowest BCUT2D eigenvalue weighted by Crippen LogP contribution is -2.20. The van der Waals surface area contributed by atoms with Crippen molar-refractivity contribution in [2.45, 2.75) is 38.7 Å². The van der Waals surface area contributed by atoms with Crippen LogP contribution in [0.2, 0.25) is 0 Å². The molecule has 0 aliphatic carbocycles. The van der Waals surface area contributed by atoms with Crippen LogP contribution < -0.4 is 4.74 Å². The highest BCUT2D eigenvalue weighted by Crippen LogP contribution is 2.24. The normalized spacial score (nSPS) is 13.0. The first-order valence-corrected chi connectivity index (χ1v) is 6.86. The van der Waals surface area contributed by atoms with Gasteiger partial charge in [-0.15, -0.1) is 0 Å². The molecule has 1 aromatic carbocycles. The Morgan fingerprint density at radius 2 is 1.95 bits per heavy atom. The van der Waals surface area contributed by atoms with Crippen molar-refractivity contribution in [3.8, 4) is 5.75 Å². The van der Waals surface area contributed by atoms with E-state index in [0.29, 0.717) is 12.7 Å². The van der Waals surface area contributed by atoms with E-state index >= 15 is 0 Å². The second-order valence-corrected chi connectivity index (χ2v) is 4.77. The number of ether oxygens (including phenoxy) is 2. The number of hydrogen-bond acceptors (Lipinski definition) is 2. The zero-order chi connectivity index (χ0) is 15.0. The van der Waals surface area contributed by atoms with Gasteiger partial charge in [-0.05, 0) is 24.1 Å². The van der Waals surface area contributed by atoms with Crippen LogP contribution in [0.5, 0.6) is 5.75 Å². The van der Waals surface area contributed by atoms with Crippen molar-refractivity contribution in [2.75, 3.05) is 13.2 Å². The van der Waals surface area contributed by atoms with Gasteiger partial charge in [-0.1, -0.05) is 39.0 Å².